The Balaban J connectivity index is 5.09. The summed E-state index contributed by atoms with van der Waals surface area (Å²) in [6.07, 6.45) is 0. The molecule has 0 bridgehead atoms. The van der Waals surface area contributed by atoms with Gasteiger partial charge in [-0.1, -0.05) is 19.5 Å². The van der Waals surface area contributed by atoms with Gasteiger partial charge in [-0.3, -0.25) is 0 Å². The van der Waals surface area contributed by atoms with Crippen LogP contribution >= 0.6 is 0 Å². The van der Waals surface area contributed by atoms with Gasteiger partial charge in [-0.05, 0) is 12.1 Å². The molecule has 0 spiro atoms. The van der Waals surface area contributed by atoms with Gasteiger partial charge in [0.1, 0.15) is 0 Å². The fraction of sp³-hybridized carbons (Fsp3) is 0.714. The largest absolute Gasteiger partial charge is 0.522 e. The lowest BCUT2D eigenvalue weighted by molar-refractivity contribution is -0.0503. The summed E-state index contributed by atoms with van der Waals surface area (Å²) < 4.78 is 62.0. The predicted molar refractivity (Wildman–Crippen MR) is 53.0 cm³/mol. The predicted octanol–water partition coefficient (Wildman–Crippen LogP) is 2.56. The number of halogens is 3. The van der Waals surface area contributed by atoms with E-state index in [1.807, 2.05) is 0 Å². The van der Waals surface area contributed by atoms with Crippen molar-refractivity contribution in [3.8, 4) is 0 Å². The SMILES string of the molecule is C=C[Si](CC)(CC)OS(=O)(=O)C(F)(F)F. The molecule has 0 atom stereocenters. The maximum Gasteiger partial charge on any atom is 0.522 e. The highest BCUT2D eigenvalue weighted by atomic mass is 32.2. The molecule has 0 aliphatic heterocycles. The molecule has 0 aromatic carbocycles. The van der Waals surface area contributed by atoms with Crippen molar-refractivity contribution in [2.24, 2.45) is 0 Å². The minimum absolute atomic E-state index is 0.238. The maximum atomic E-state index is 12.0. The standard InChI is InChI=1S/C7H13F3O3SSi/c1-4-15(5-2,6-3)13-14(11,12)7(8,9)10/h4H,1,5-6H2,2-3H3. The molecule has 0 heterocycles. The third kappa shape index (κ3) is 3.32. The lowest BCUT2D eigenvalue weighted by Crippen LogP contribution is -2.41. The van der Waals surface area contributed by atoms with Crippen molar-refractivity contribution >= 4 is 18.4 Å². The number of rotatable bonds is 5. The number of hydrogen-bond donors (Lipinski definition) is 0. The molecule has 0 aliphatic rings. The summed E-state index contributed by atoms with van der Waals surface area (Å²) in [5.41, 5.74) is -4.14. The molecule has 0 aromatic rings. The van der Waals surface area contributed by atoms with Crippen LogP contribution in [-0.4, -0.2) is 22.2 Å². The summed E-state index contributed by atoms with van der Waals surface area (Å²) in [7, 11) is -8.51. The molecule has 0 aliphatic carbocycles. The Morgan fingerprint density at radius 3 is 1.93 bits per heavy atom. The lowest BCUT2D eigenvalue weighted by atomic mass is 10.9. The van der Waals surface area contributed by atoms with Crippen molar-refractivity contribution in [1.82, 2.24) is 0 Å². The van der Waals surface area contributed by atoms with Crippen LogP contribution in [0, 0.1) is 0 Å². The van der Waals surface area contributed by atoms with E-state index in [1.165, 1.54) is 5.70 Å². The van der Waals surface area contributed by atoms with Gasteiger partial charge in [0.15, 0.2) is 0 Å². The Labute approximate surface area is 88.2 Å². The number of hydrogen-bond acceptors (Lipinski definition) is 3. The van der Waals surface area contributed by atoms with Crippen LogP contribution in [-0.2, 0) is 14.0 Å². The molecule has 0 saturated heterocycles. The third-order valence-corrected chi connectivity index (χ3v) is 8.04. The topological polar surface area (TPSA) is 43.4 Å². The highest BCUT2D eigenvalue weighted by molar-refractivity contribution is 7.88. The minimum atomic E-state index is -5.50. The molecule has 0 unspecified atom stereocenters. The first-order chi connectivity index (χ1) is 6.64. The fourth-order valence-corrected chi connectivity index (χ4v) is 5.37. The van der Waals surface area contributed by atoms with E-state index in [-0.39, 0.29) is 12.1 Å². The van der Waals surface area contributed by atoms with Crippen LogP contribution in [0.2, 0.25) is 12.1 Å². The van der Waals surface area contributed by atoms with Gasteiger partial charge in [-0.25, -0.2) is 0 Å². The second kappa shape index (κ2) is 4.66. The summed E-state index contributed by atoms with van der Waals surface area (Å²) >= 11 is 0. The molecular weight excluding hydrogens is 249 g/mol. The molecule has 0 radical (unpaired) electrons. The van der Waals surface area contributed by atoms with Crippen molar-refractivity contribution in [1.29, 1.82) is 0 Å². The highest BCUT2D eigenvalue weighted by Crippen LogP contribution is 2.30. The average molecular weight is 262 g/mol. The monoisotopic (exact) mass is 262 g/mol. The smallest absolute Gasteiger partial charge is 0.303 e. The molecule has 15 heavy (non-hydrogen) atoms. The second-order valence-electron chi connectivity index (χ2n) is 2.96. The van der Waals surface area contributed by atoms with Crippen molar-refractivity contribution in [3.63, 3.8) is 0 Å². The van der Waals surface area contributed by atoms with E-state index >= 15 is 0 Å². The van der Waals surface area contributed by atoms with Crippen LogP contribution in [0.15, 0.2) is 12.3 Å². The molecular formula is C7H13F3O3SSi. The summed E-state index contributed by atoms with van der Waals surface area (Å²) in [6.45, 7) is 6.52. The lowest BCUT2D eigenvalue weighted by Gasteiger charge is -2.24. The zero-order valence-electron chi connectivity index (χ0n) is 8.47. The molecule has 8 heteroatoms. The van der Waals surface area contributed by atoms with Crippen LogP contribution in [0.1, 0.15) is 13.8 Å². The molecule has 0 rings (SSSR count). The summed E-state index contributed by atoms with van der Waals surface area (Å²) in [5.74, 6) is 0. The Morgan fingerprint density at radius 1 is 1.33 bits per heavy atom. The number of alkyl halides is 3. The average Bonchev–Trinajstić information content (AvgIpc) is 2.12. The highest BCUT2D eigenvalue weighted by Gasteiger charge is 2.51. The van der Waals surface area contributed by atoms with Crippen molar-refractivity contribution in [2.45, 2.75) is 31.4 Å². The van der Waals surface area contributed by atoms with E-state index < -0.39 is 23.9 Å². The first kappa shape index (κ1) is 14.7. The first-order valence-electron chi connectivity index (χ1n) is 4.29. The quantitative estimate of drug-likeness (QED) is 0.565. The molecule has 0 saturated carbocycles. The van der Waals surface area contributed by atoms with Crippen molar-refractivity contribution < 1.29 is 25.5 Å². The van der Waals surface area contributed by atoms with Gasteiger partial charge in [0, 0.05) is 0 Å². The van der Waals surface area contributed by atoms with Crippen molar-refractivity contribution in [3.05, 3.63) is 12.3 Å². The minimum Gasteiger partial charge on any atom is -0.303 e. The molecule has 0 amide bonds. The van der Waals surface area contributed by atoms with Crippen molar-refractivity contribution in [2.75, 3.05) is 0 Å². The van der Waals surface area contributed by atoms with Gasteiger partial charge in [0.05, 0.1) is 0 Å². The van der Waals surface area contributed by atoms with E-state index in [1.54, 1.807) is 13.8 Å². The van der Waals surface area contributed by atoms with Gasteiger partial charge in [-0.2, -0.15) is 21.6 Å². The zero-order chi connectivity index (χ0) is 12.3. The van der Waals surface area contributed by atoms with E-state index in [2.05, 4.69) is 10.5 Å². The molecule has 0 aromatic heterocycles. The Bertz CT molecular complexity index is 319. The Morgan fingerprint density at radius 2 is 1.73 bits per heavy atom. The normalized spacial score (nSPS) is 13.9. The van der Waals surface area contributed by atoms with Crippen LogP contribution < -0.4 is 0 Å². The molecule has 0 fully saturated rings. The van der Waals surface area contributed by atoms with Crippen LogP contribution in [0.5, 0.6) is 0 Å². The van der Waals surface area contributed by atoms with E-state index in [0.717, 1.165) is 0 Å². The van der Waals surface area contributed by atoms with Crippen LogP contribution in [0.3, 0.4) is 0 Å². The summed E-state index contributed by atoms with van der Waals surface area (Å²) in [4.78, 5) is 0. The van der Waals surface area contributed by atoms with E-state index in [9.17, 15) is 21.6 Å². The zero-order valence-corrected chi connectivity index (χ0v) is 10.3. The van der Waals surface area contributed by atoms with Gasteiger partial charge in [0.2, 0.25) is 8.32 Å². The Kier molecular flexibility index (Phi) is 4.56. The molecule has 90 valence electrons. The Hall–Kier alpha value is -0.343. The van der Waals surface area contributed by atoms with Gasteiger partial charge in [-0.15, -0.1) is 6.58 Å². The first-order valence-corrected chi connectivity index (χ1v) is 8.10. The van der Waals surface area contributed by atoms with Crippen LogP contribution in [0.25, 0.3) is 0 Å². The van der Waals surface area contributed by atoms with E-state index in [4.69, 9.17) is 0 Å². The van der Waals surface area contributed by atoms with Crippen LogP contribution in [0.4, 0.5) is 13.2 Å². The third-order valence-electron chi connectivity index (χ3n) is 2.13. The van der Waals surface area contributed by atoms with Gasteiger partial charge >= 0.3 is 15.6 Å². The summed E-state index contributed by atoms with van der Waals surface area (Å²) in [5, 5.41) is 0. The van der Waals surface area contributed by atoms with Gasteiger partial charge in [0.25, 0.3) is 0 Å². The summed E-state index contributed by atoms with van der Waals surface area (Å²) in [6, 6.07) is 0.477. The fourth-order valence-electron chi connectivity index (χ4n) is 0.956. The van der Waals surface area contributed by atoms with Gasteiger partial charge < -0.3 is 3.87 Å². The molecule has 0 N–H and O–H groups in total. The second-order valence-corrected chi connectivity index (χ2v) is 8.95. The van der Waals surface area contributed by atoms with E-state index in [0.29, 0.717) is 0 Å². The maximum absolute atomic E-state index is 12.0. The molecule has 3 nitrogen and oxygen atoms in total.